The molecule has 0 unspecified atom stereocenters. The Labute approximate surface area is 123 Å². The number of hydrogen-bond acceptors (Lipinski definition) is 5. The number of nitrogens with zero attached hydrogens (tertiary/aromatic N) is 3. The van der Waals surface area contributed by atoms with Crippen LogP contribution in [0.25, 0.3) is 0 Å². The quantitative estimate of drug-likeness (QED) is 0.850. The van der Waals surface area contributed by atoms with Gasteiger partial charge in [-0.1, -0.05) is 24.6 Å². The minimum Gasteiger partial charge on any atom is -0.476 e. The number of anilines is 1. The number of pyridine rings is 1. The fourth-order valence-electron chi connectivity index (χ4n) is 1.57. The van der Waals surface area contributed by atoms with E-state index in [9.17, 15) is 0 Å². The van der Waals surface area contributed by atoms with Gasteiger partial charge in [0.15, 0.2) is 0 Å². The lowest BCUT2D eigenvalue weighted by Crippen LogP contribution is -2.08. The Morgan fingerprint density at radius 1 is 1.30 bits per heavy atom. The third kappa shape index (κ3) is 4.35. The lowest BCUT2D eigenvalue weighted by molar-refractivity contribution is 0.308. The molecular weight excluding hydrogens is 276 g/mol. The minimum absolute atomic E-state index is 0.399. The average molecular weight is 293 g/mol. The molecule has 0 spiro atoms. The monoisotopic (exact) mass is 292 g/mol. The first-order valence-corrected chi connectivity index (χ1v) is 6.96. The van der Waals surface area contributed by atoms with Crippen molar-refractivity contribution in [3.8, 4) is 5.88 Å². The topological polar surface area (TPSA) is 59.9 Å². The standard InChI is InChI=1S/C14H17ClN4O/c1-2-7-17-14-18-10-12(15)13(19-14)20-9-6-11-5-3-4-8-16-11/h3-5,8,10H,2,6-7,9H2,1H3,(H,17,18,19). The summed E-state index contributed by atoms with van der Waals surface area (Å²) in [6.07, 6.45) is 5.02. The molecule has 0 amide bonds. The van der Waals surface area contributed by atoms with E-state index in [1.807, 2.05) is 18.2 Å². The van der Waals surface area contributed by atoms with Gasteiger partial charge in [0.1, 0.15) is 5.02 Å². The zero-order valence-corrected chi connectivity index (χ0v) is 12.1. The maximum absolute atomic E-state index is 6.02. The Bertz CT molecular complexity index is 536. The van der Waals surface area contributed by atoms with Gasteiger partial charge >= 0.3 is 0 Å². The van der Waals surface area contributed by atoms with Gasteiger partial charge in [0.25, 0.3) is 0 Å². The molecule has 1 N–H and O–H groups in total. The molecular formula is C14H17ClN4O. The molecule has 0 bridgehead atoms. The van der Waals surface area contributed by atoms with Gasteiger partial charge in [0, 0.05) is 24.9 Å². The van der Waals surface area contributed by atoms with E-state index in [0.29, 0.717) is 29.9 Å². The van der Waals surface area contributed by atoms with E-state index in [2.05, 4.69) is 27.2 Å². The predicted octanol–water partition coefficient (Wildman–Crippen LogP) is 2.97. The SMILES string of the molecule is CCCNc1ncc(Cl)c(OCCc2ccccn2)n1. The summed E-state index contributed by atoms with van der Waals surface area (Å²) < 4.78 is 5.60. The molecule has 6 heteroatoms. The smallest absolute Gasteiger partial charge is 0.237 e. The second-order valence-electron chi connectivity index (χ2n) is 4.19. The first-order valence-electron chi connectivity index (χ1n) is 6.58. The third-order valence-corrected chi connectivity index (χ3v) is 2.83. The van der Waals surface area contributed by atoms with Crippen molar-refractivity contribution in [3.05, 3.63) is 41.3 Å². The van der Waals surface area contributed by atoms with Crippen molar-refractivity contribution in [1.82, 2.24) is 15.0 Å². The van der Waals surface area contributed by atoms with Gasteiger partial charge in [-0.25, -0.2) is 4.98 Å². The fourth-order valence-corrected chi connectivity index (χ4v) is 1.72. The molecule has 106 valence electrons. The van der Waals surface area contributed by atoms with Crippen LogP contribution in [0.2, 0.25) is 5.02 Å². The summed E-state index contributed by atoms with van der Waals surface area (Å²) in [5.74, 6) is 0.931. The van der Waals surface area contributed by atoms with Crippen molar-refractivity contribution in [1.29, 1.82) is 0 Å². The number of nitrogens with one attached hydrogen (secondary N) is 1. The van der Waals surface area contributed by atoms with Crippen molar-refractivity contribution in [2.24, 2.45) is 0 Å². The van der Waals surface area contributed by atoms with E-state index in [1.165, 1.54) is 0 Å². The van der Waals surface area contributed by atoms with Gasteiger partial charge in [0.05, 0.1) is 12.8 Å². The highest BCUT2D eigenvalue weighted by atomic mass is 35.5. The second kappa shape index (κ2) is 7.65. The average Bonchev–Trinajstić information content (AvgIpc) is 2.49. The molecule has 0 radical (unpaired) electrons. The maximum atomic E-state index is 6.02. The highest BCUT2D eigenvalue weighted by Gasteiger charge is 2.06. The molecule has 2 heterocycles. The lowest BCUT2D eigenvalue weighted by atomic mass is 10.3. The Morgan fingerprint density at radius 3 is 2.95 bits per heavy atom. The molecule has 0 saturated carbocycles. The Balaban J connectivity index is 1.91. The molecule has 0 saturated heterocycles. The van der Waals surface area contributed by atoms with E-state index in [0.717, 1.165) is 18.7 Å². The highest BCUT2D eigenvalue weighted by molar-refractivity contribution is 6.31. The maximum Gasteiger partial charge on any atom is 0.237 e. The van der Waals surface area contributed by atoms with Crippen LogP contribution in [0.3, 0.4) is 0 Å². The molecule has 2 rings (SSSR count). The van der Waals surface area contributed by atoms with Gasteiger partial charge in [-0.2, -0.15) is 4.98 Å². The van der Waals surface area contributed by atoms with Crippen LogP contribution in [-0.2, 0) is 6.42 Å². The van der Waals surface area contributed by atoms with E-state index in [1.54, 1.807) is 12.4 Å². The van der Waals surface area contributed by atoms with Crippen molar-refractivity contribution in [3.63, 3.8) is 0 Å². The van der Waals surface area contributed by atoms with Crippen LogP contribution in [-0.4, -0.2) is 28.1 Å². The van der Waals surface area contributed by atoms with Crippen molar-refractivity contribution in [2.75, 3.05) is 18.5 Å². The van der Waals surface area contributed by atoms with Crippen LogP contribution in [0.5, 0.6) is 5.88 Å². The zero-order valence-electron chi connectivity index (χ0n) is 11.3. The molecule has 0 fully saturated rings. The van der Waals surface area contributed by atoms with Crippen molar-refractivity contribution >= 4 is 17.5 Å². The van der Waals surface area contributed by atoms with Crippen LogP contribution < -0.4 is 10.1 Å². The number of aromatic nitrogens is 3. The first-order chi connectivity index (χ1) is 9.79. The molecule has 5 nitrogen and oxygen atoms in total. The highest BCUT2D eigenvalue weighted by Crippen LogP contribution is 2.21. The molecule has 0 atom stereocenters. The molecule has 2 aromatic rings. The number of rotatable bonds is 7. The largest absolute Gasteiger partial charge is 0.476 e. The summed E-state index contributed by atoms with van der Waals surface area (Å²) in [6, 6.07) is 5.79. The van der Waals surface area contributed by atoms with E-state index in [-0.39, 0.29) is 0 Å². The third-order valence-electron chi connectivity index (χ3n) is 2.57. The predicted molar refractivity (Wildman–Crippen MR) is 79.3 cm³/mol. The molecule has 0 aromatic carbocycles. The van der Waals surface area contributed by atoms with Gasteiger partial charge < -0.3 is 10.1 Å². The lowest BCUT2D eigenvalue weighted by Gasteiger charge is -2.08. The Kier molecular flexibility index (Phi) is 5.55. The Hall–Kier alpha value is -1.88. The Morgan fingerprint density at radius 2 is 2.20 bits per heavy atom. The zero-order chi connectivity index (χ0) is 14.2. The van der Waals surface area contributed by atoms with Crippen molar-refractivity contribution < 1.29 is 4.74 Å². The summed E-state index contributed by atoms with van der Waals surface area (Å²) >= 11 is 6.02. The molecule has 0 aliphatic heterocycles. The summed E-state index contributed by atoms with van der Waals surface area (Å²) in [4.78, 5) is 12.6. The number of halogens is 1. The van der Waals surface area contributed by atoms with Crippen LogP contribution in [0.1, 0.15) is 19.0 Å². The van der Waals surface area contributed by atoms with Crippen LogP contribution in [0.4, 0.5) is 5.95 Å². The van der Waals surface area contributed by atoms with Gasteiger partial charge in [-0.3, -0.25) is 4.98 Å². The number of hydrogen-bond donors (Lipinski definition) is 1. The van der Waals surface area contributed by atoms with Crippen LogP contribution >= 0.6 is 11.6 Å². The molecule has 2 aromatic heterocycles. The van der Waals surface area contributed by atoms with Gasteiger partial charge in [0.2, 0.25) is 11.8 Å². The molecule has 0 aliphatic rings. The first kappa shape index (κ1) is 14.5. The molecule has 0 aliphatic carbocycles. The van der Waals surface area contributed by atoms with Gasteiger partial charge in [-0.15, -0.1) is 0 Å². The fraction of sp³-hybridized carbons (Fsp3) is 0.357. The summed E-state index contributed by atoms with van der Waals surface area (Å²) in [6.45, 7) is 3.36. The van der Waals surface area contributed by atoms with Gasteiger partial charge in [-0.05, 0) is 18.6 Å². The summed E-state index contributed by atoms with van der Waals surface area (Å²) in [7, 11) is 0. The second-order valence-corrected chi connectivity index (χ2v) is 4.60. The van der Waals surface area contributed by atoms with E-state index >= 15 is 0 Å². The van der Waals surface area contributed by atoms with E-state index in [4.69, 9.17) is 16.3 Å². The van der Waals surface area contributed by atoms with Crippen LogP contribution in [0, 0.1) is 0 Å². The molecule has 20 heavy (non-hydrogen) atoms. The van der Waals surface area contributed by atoms with Crippen LogP contribution in [0.15, 0.2) is 30.6 Å². The normalized spacial score (nSPS) is 10.3. The summed E-state index contributed by atoms with van der Waals surface area (Å²) in [5.41, 5.74) is 0.974. The minimum atomic E-state index is 0.399. The van der Waals surface area contributed by atoms with Crippen molar-refractivity contribution in [2.45, 2.75) is 19.8 Å². The number of ether oxygens (including phenoxy) is 1. The summed E-state index contributed by atoms with van der Waals surface area (Å²) in [5, 5.41) is 3.51. The van der Waals surface area contributed by atoms with E-state index < -0.39 is 0 Å².